The van der Waals surface area contributed by atoms with E-state index >= 15 is 0 Å². The molecule has 0 aliphatic heterocycles. The zero-order valence-corrected chi connectivity index (χ0v) is 16.6. The summed E-state index contributed by atoms with van der Waals surface area (Å²) in [6.45, 7) is 4.87. The minimum Gasteiger partial charge on any atom is -0.492 e. The minimum absolute atomic E-state index is 0.180. The number of hydrogen-bond acceptors (Lipinski definition) is 3. The molecule has 2 N–H and O–H groups in total. The van der Waals surface area contributed by atoms with Crippen molar-refractivity contribution >= 4 is 17.5 Å². The molecule has 3 aromatic carbocycles. The number of anilines is 1. The van der Waals surface area contributed by atoms with Crippen LogP contribution in [0.3, 0.4) is 0 Å². The second-order valence-electron chi connectivity index (χ2n) is 6.63. The van der Waals surface area contributed by atoms with Crippen molar-refractivity contribution in [2.45, 2.75) is 20.4 Å². The van der Waals surface area contributed by atoms with Crippen LogP contribution in [0.4, 0.5) is 5.69 Å². The number of aryl methyl sites for hydroxylation is 1. The molecule has 0 fully saturated rings. The second-order valence-corrected chi connectivity index (χ2v) is 6.63. The lowest BCUT2D eigenvalue weighted by molar-refractivity contribution is 0.0949. The van der Waals surface area contributed by atoms with Crippen molar-refractivity contribution < 1.29 is 14.3 Å². The molecule has 0 atom stereocenters. The van der Waals surface area contributed by atoms with Gasteiger partial charge in [0.05, 0.1) is 12.3 Å². The van der Waals surface area contributed by atoms with E-state index in [-0.39, 0.29) is 11.8 Å². The monoisotopic (exact) mass is 388 g/mol. The Morgan fingerprint density at radius 3 is 2.24 bits per heavy atom. The van der Waals surface area contributed by atoms with Crippen LogP contribution >= 0.6 is 0 Å². The number of carbonyl (C=O) groups excluding carboxylic acids is 2. The lowest BCUT2D eigenvalue weighted by Gasteiger charge is -2.11. The third-order valence-corrected chi connectivity index (χ3v) is 4.38. The van der Waals surface area contributed by atoms with E-state index in [1.165, 1.54) is 0 Å². The predicted molar refractivity (Wildman–Crippen MR) is 114 cm³/mol. The first-order valence-electron chi connectivity index (χ1n) is 9.54. The number of amides is 2. The van der Waals surface area contributed by atoms with E-state index in [0.717, 1.165) is 11.1 Å². The fourth-order valence-corrected chi connectivity index (χ4v) is 2.93. The number of nitrogens with one attached hydrogen (secondary N) is 2. The van der Waals surface area contributed by atoms with Gasteiger partial charge in [-0.25, -0.2) is 0 Å². The smallest absolute Gasteiger partial charge is 0.255 e. The highest BCUT2D eigenvalue weighted by molar-refractivity contribution is 6.05. The van der Waals surface area contributed by atoms with Crippen LogP contribution in [0.1, 0.15) is 38.8 Å². The summed E-state index contributed by atoms with van der Waals surface area (Å²) in [6, 6.07) is 21.8. The summed E-state index contributed by atoms with van der Waals surface area (Å²) >= 11 is 0. The maximum atomic E-state index is 12.5. The lowest BCUT2D eigenvalue weighted by Crippen LogP contribution is -2.23. The van der Waals surface area contributed by atoms with Gasteiger partial charge >= 0.3 is 0 Å². The Balaban J connectivity index is 1.62. The maximum absolute atomic E-state index is 12.5. The molecule has 29 heavy (non-hydrogen) atoms. The summed E-state index contributed by atoms with van der Waals surface area (Å²) in [4.78, 5) is 24.9. The van der Waals surface area contributed by atoms with Crippen LogP contribution in [0.2, 0.25) is 0 Å². The Kier molecular flexibility index (Phi) is 6.63. The van der Waals surface area contributed by atoms with E-state index in [1.54, 1.807) is 36.4 Å². The molecule has 3 aromatic rings. The van der Waals surface area contributed by atoms with Gasteiger partial charge in [0.1, 0.15) is 5.75 Å². The molecule has 0 saturated carbocycles. The van der Waals surface area contributed by atoms with E-state index in [0.29, 0.717) is 35.7 Å². The Labute approximate surface area is 170 Å². The molecule has 0 aliphatic carbocycles. The van der Waals surface area contributed by atoms with Crippen molar-refractivity contribution in [1.29, 1.82) is 0 Å². The van der Waals surface area contributed by atoms with Crippen molar-refractivity contribution in [2.24, 2.45) is 0 Å². The van der Waals surface area contributed by atoms with Crippen LogP contribution in [0.5, 0.6) is 5.75 Å². The van der Waals surface area contributed by atoms with Gasteiger partial charge in [0.15, 0.2) is 0 Å². The molecule has 148 valence electrons. The largest absolute Gasteiger partial charge is 0.492 e. The number of rotatable bonds is 7. The number of benzene rings is 3. The molecule has 0 heterocycles. The van der Waals surface area contributed by atoms with Gasteiger partial charge in [-0.15, -0.1) is 0 Å². The summed E-state index contributed by atoms with van der Waals surface area (Å²) in [7, 11) is 0. The Morgan fingerprint density at radius 1 is 0.862 bits per heavy atom. The summed E-state index contributed by atoms with van der Waals surface area (Å²) < 4.78 is 5.53. The van der Waals surface area contributed by atoms with Crippen LogP contribution in [0.25, 0.3) is 0 Å². The molecular formula is C24H24N2O3. The van der Waals surface area contributed by atoms with E-state index in [4.69, 9.17) is 4.74 Å². The van der Waals surface area contributed by atoms with Gasteiger partial charge in [0, 0.05) is 17.7 Å². The molecule has 0 radical (unpaired) electrons. The maximum Gasteiger partial charge on any atom is 0.255 e. The van der Waals surface area contributed by atoms with Crippen molar-refractivity contribution in [3.05, 3.63) is 95.1 Å². The lowest BCUT2D eigenvalue weighted by atomic mass is 10.1. The van der Waals surface area contributed by atoms with Crippen molar-refractivity contribution in [3.63, 3.8) is 0 Å². The van der Waals surface area contributed by atoms with Crippen molar-refractivity contribution in [2.75, 3.05) is 11.9 Å². The number of hydrogen-bond donors (Lipinski definition) is 2. The van der Waals surface area contributed by atoms with Gasteiger partial charge < -0.3 is 15.4 Å². The first-order chi connectivity index (χ1) is 14.1. The Bertz CT molecular complexity index is 997. The second kappa shape index (κ2) is 9.55. The minimum atomic E-state index is -0.260. The van der Waals surface area contributed by atoms with Crippen LogP contribution in [-0.4, -0.2) is 18.4 Å². The Hall–Kier alpha value is -3.60. The molecule has 0 unspecified atom stereocenters. The molecule has 3 rings (SSSR count). The quantitative estimate of drug-likeness (QED) is 0.623. The topological polar surface area (TPSA) is 67.4 Å². The highest BCUT2D eigenvalue weighted by atomic mass is 16.5. The first-order valence-corrected chi connectivity index (χ1v) is 9.54. The van der Waals surface area contributed by atoms with Gasteiger partial charge in [0.2, 0.25) is 0 Å². The summed E-state index contributed by atoms with van der Waals surface area (Å²) in [6.07, 6.45) is 0. The summed E-state index contributed by atoms with van der Waals surface area (Å²) in [5, 5.41) is 5.74. The highest BCUT2D eigenvalue weighted by Gasteiger charge is 2.11. The predicted octanol–water partition coefficient (Wildman–Crippen LogP) is 4.58. The van der Waals surface area contributed by atoms with Gasteiger partial charge in [-0.3, -0.25) is 9.59 Å². The van der Waals surface area contributed by atoms with E-state index in [2.05, 4.69) is 10.6 Å². The van der Waals surface area contributed by atoms with E-state index < -0.39 is 0 Å². The molecule has 0 saturated heterocycles. The normalized spacial score (nSPS) is 10.3. The fourth-order valence-electron chi connectivity index (χ4n) is 2.93. The van der Waals surface area contributed by atoms with Gasteiger partial charge in [-0.1, -0.05) is 42.0 Å². The molecule has 0 bridgehead atoms. The molecule has 0 aliphatic rings. The van der Waals surface area contributed by atoms with Gasteiger partial charge in [0.25, 0.3) is 11.8 Å². The van der Waals surface area contributed by atoms with Crippen LogP contribution in [-0.2, 0) is 6.54 Å². The van der Waals surface area contributed by atoms with Crippen LogP contribution in [0, 0.1) is 6.92 Å². The zero-order valence-electron chi connectivity index (χ0n) is 16.6. The van der Waals surface area contributed by atoms with Crippen molar-refractivity contribution in [3.8, 4) is 5.75 Å². The average Bonchev–Trinajstić information content (AvgIpc) is 2.74. The number of carbonyl (C=O) groups is 2. The van der Waals surface area contributed by atoms with Crippen molar-refractivity contribution in [1.82, 2.24) is 5.32 Å². The number of para-hydroxylation sites is 2. The third kappa shape index (κ3) is 5.45. The van der Waals surface area contributed by atoms with Crippen LogP contribution < -0.4 is 15.4 Å². The molecular weight excluding hydrogens is 364 g/mol. The number of ether oxygens (including phenoxy) is 1. The summed E-state index contributed by atoms with van der Waals surface area (Å²) in [5.41, 5.74) is 3.77. The SMILES string of the molecule is CCOc1ccccc1NC(=O)c1ccc(C(=O)NCc2cccc(C)c2)cc1. The molecule has 0 aromatic heterocycles. The molecule has 5 nitrogen and oxygen atoms in total. The fraction of sp³-hybridized carbons (Fsp3) is 0.167. The van der Waals surface area contributed by atoms with Gasteiger partial charge in [-0.2, -0.15) is 0 Å². The molecule has 2 amide bonds. The first kappa shape index (κ1) is 20.1. The average molecular weight is 388 g/mol. The highest BCUT2D eigenvalue weighted by Crippen LogP contribution is 2.24. The Morgan fingerprint density at radius 2 is 1.55 bits per heavy atom. The standard InChI is InChI=1S/C24H24N2O3/c1-3-29-22-10-5-4-9-21(22)26-24(28)20-13-11-19(12-14-20)23(27)25-16-18-8-6-7-17(2)15-18/h4-15H,3,16H2,1-2H3,(H,25,27)(H,26,28). The van der Waals surface area contributed by atoms with Crippen LogP contribution in [0.15, 0.2) is 72.8 Å². The van der Waals surface area contributed by atoms with E-state index in [1.807, 2.05) is 50.2 Å². The third-order valence-electron chi connectivity index (χ3n) is 4.38. The molecule has 0 spiro atoms. The zero-order chi connectivity index (χ0) is 20.6. The van der Waals surface area contributed by atoms with Gasteiger partial charge in [-0.05, 0) is 55.8 Å². The summed E-state index contributed by atoms with van der Waals surface area (Å²) in [5.74, 6) is 0.180. The molecule has 5 heteroatoms. The van der Waals surface area contributed by atoms with E-state index in [9.17, 15) is 9.59 Å².